The van der Waals surface area contributed by atoms with Gasteiger partial charge in [0.1, 0.15) is 5.82 Å². The lowest BCUT2D eigenvalue weighted by molar-refractivity contribution is 0.181. The third-order valence-electron chi connectivity index (χ3n) is 5.70. The first-order valence-electron chi connectivity index (χ1n) is 9.51. The number of halogens is 1. The maximum absolute atomic E-state index is 13.6. The molecule has 0 bridgehead atoms. The second kappa shape index (κ2) is 7.27. The van der Waals surface area contributed by atoms with Gasteiger partial charge in [-0.3, -0.25) is 4.90 Å². The van der Waals surface area contributed by atoms with Crippen molar-refractivity contribution >= 4 is 0 Å². The second-order valence-electron chi connectivity index (χ2n) is 7.75. The summed E-state index contributed by atoms with van der Waals surface area (Å²) in [6, 6.07) is 14.2. The first kappa shape index (κ1) is 16.7. The van der Waals surface area contributed by atoms with Gasteiger partial charge < -0.3 is 5.73 Å². The quantitative estimate of drug-likeness (QED) is 0.916. The molecule has 2 N–H and O–H groups in total. The van der Waals surface area contributed by atoms with Crippen molar-refractivity contribution in [3.05, 3.63) is 70.5 Å². The molecule has 0 amide bonds. The Kier molecular flexibility index (Phi) is 4.87. The number of piperidine rings is 1. The minimum atomic E-state index is -0.155. The molecule has 2 nitrogen and oxygen atoms in total. The molecule has 1 aliphatic heterocycles. The van der Waals surface area contributed by atoms with Crippen molar-refractivity contribution in [3.63, 3.8) is 0 Å². The Labute approximate surface area is 149 Å². The fraction of sp³-hybridized carbons (Fsp3) is 0.455. The van der Waals surface area contributed by atoms with Crippen molar-refractivity contribution in [1.29, 1.82) is 0 Å². The molecule has 2 aliphatic rings. The van der Waals surface area contributed by atoms with E-state index >= 15 is 0 Å². The number of nitrogens with zero attached hydrogens (tertiary/aromatic N) is 1. The van der Waals surface area contributed by atoms with Crippen LogP contribution in [0.2, 0.25) is 0 Å². The highest BCUT2D eigenvalue weighted by molar-refractivity contribution is 5.34. The van der Waals surface area contributed by atoms with Crippen LogP contribution >= 0.6 is 0 Å². The van der Waals surface area contributed by atoms with Crippen LogP contribution in [0.15, 0.2) is 42.5 Å². The predicted octanol–water partition coefficient (Wildman–Crippen LogP) is 4.02. The normalized spacial score (nSPS) is 24.1. The maximum Gasteiger partial charge on any atom is 0.123 e. The zero-order chi connectivity index (χ0) is 17.2. The fourth-order valence-electron chi connectivity index (χ4n) is 4.51. The van der Waals surface area contributed by atoms with E-state index in [0.29, 0.717) is 5.92 Å². The highest BCUT2D eigenvalue weighted by Gasteiger charge is 2.26. The van der Waals surface area contributed by atoms with Gasteiger partial charge >= 0.3 is 0 Å². The molecule has 1 heterocycles. The fourth-order valence-corrected chi connectivity index (χ4v) is 4.51. The van der Waals surface area contributed by atoms with Crippen molar-refractivity contribution in [3.8, 4) is 0 Å². The van der Waals surface area contributed by atoms with Crippen molar-refractivity contribution in [2.75, 3.05) is 13.1 Å². The number of hydrogen-bond acceptors (Lipinski definition) is 2. The summed E-state index contributed by atoms with van der Waals surface area (Å²) in [6.45, 7) is 2.81. The van der Waals surface area contributed by atoms with Crippen LogP contribution in [0.3, 0.4) is 0 Å². The van der Waals surface area contributed by atoms with Crippen molar-refractivity contribution in [2.45, 2.75) is 50.6 Å². The summed E-state index contributed by atoms with van der Waals surface area (Å²) in [7, 11) is 0. The van der Waals surface area contributed by atoms with Crippen LogP contribution in [0.4, 0.5) is 4.39 Å². The van der Waals surface area contributed by atoms with Gasteiger partial charge in [-0.05, 0) is 72.4 Å². The van der Waals surface area contributed by atoms with Gasteiger partial charge in [-0.1, -0.05) is 30.3 Å². The Morgan fingerprint density at radius 2 is 1.84 bits per heavy atom. The molecule has 0 saturated carbocycles. The molecule has 2 aromatic rings. The van der Waals surface area contributed by atoms with Gasteiger partial charge in [0.2, 0.25) is 0 Å². The van der Waals surface area contributed by atoms with E-state index in [4.69, 9.17) is 5.73 Å². The van der Waals surface area contributed by atoms with Crippen LogP contribution in [-0.4, -0.2) is 24.0 Å². The third-order valence-corrected chi connectivity index (χ3v) is 5.70. The monoisotopic (exact) mass is 338 g/mol. The van der Waals surface area contributed by atoms with Gasteiger partial charge in [-0.25, -0.2) is 4.39 Å². The van der Waals surface area contributed by atoms with Gasteiger partial charge in [0.05, 0.1) is 0 Å². The summed E-state index contributed by atoms with van der Waals surface area (Å²) in [5.41, 5.74) is 11.8. The first-order valence-corrected chi connectivity index (χ1v) is 9.51. The molecule has 1 fully saturated rings. The number of nitrogens with two attached hydrogens (primary N) is 1. The summed E-state index contributed by atoms with van der Waals surface area (Å²) in [6.07, 6.45) is 6.01. The SMILES string of the molecule is NC1CC(c2cccc(F)c2)CN(Cc2ccc3c(c2)CCCC3)C1. The molecule has 4 rings (SSSR count). The summed E-state index contributed by atoms with van der Waals surface area (Å²) in [5, 5.41) is 0. The maximum atomic E-state index is 13.6. The summed E-state index contributed by atoms with van der Waals surface area (Å²) < 4.78 is 13.6. The van der Waals surface area contributed by atoms with Crippen molar-refractivity contribution in [1.82, 2.24) is 4.90 Å². The van der Waals surface area contributed by atoms with Gasteiger partial charge in [0, 0.05) is 25.7 Å². The van der Waals surface area contributed by atoms with E-state index in [1.807, 2.05) is 6.07 Å². The van der Waals surface area contributed by atoms with Crippen LogP contribution < -0.4 is 5.73 Å². The number of benzene rings is 2. The Morgan fingerprint density at radius 1 is 1.00 bits per heavy atom. The molecule has 25 heavy (non-hydrogen) atoms. The molecular formula is C22H27FN2. The summed E-state index contributed by atoms with van der Waals surface area (Å²) >= 11 is 0. The molecule has 132 valence electrons. The van der Waals surface area contributed by atoms with Crippen LogP contribution in [0.25, 0.3) is 0 Å². The van der Waals surface area contributed by atoms with Crippen LogP contribution in [-0.2, 0) is 19.4 Å². The zero-order valence-electron chi connectivity index (χ0n) is 14.8. The zero-order valence-corrected chi connectivity index (χ0v) is 14.8. The molecule has 0 spiro atoms. The van der Waals surface area contributed by atoms with E-state index < -0.39 is 0 Å². The third kappa shape index (κ3) is 3.94. The van der Waals surface area contributed by atoms with E-state index in [9.17, 15) is 4.39 Å². The van der Waals surface area contributed by atoms with E-state index in [0.717, 1.165) is 31.6 Å². The Bertz CT molecular complexity index is 743. The molecule has 1 aliphatic carbocycles. The summed E-state index contributed by atoms with van der Waals surface area (Å²) in [5.74, 6) is 0.162. The van der Waals surface area contributed by atoms with Crippen molar-refractivity contribution in [2.24, 2.45) is 5.73 Å². The number of likely N-dealkylation sites (tertiary alicyclic amines) is 1. The minimum Gasteiger partial charge on any atom is -0.327 e. The Hall–Kier alpha value is -1.71. The average molecular weight is 338 g/mol. The molecular weight excluding hydrogens is 311 g/mol. The summed E-state index contributed by atoms with van der Waals surface area (Å²) in [4.78, 5) is 2.44. The van der Waals surface area contributed by atoms with Gasteiger partial charge in [0.15, 0.2) is 0 Å². The number of rotatable bonds is 3. The standard InChI is InChI=1S/C22H27FN2/c23-21-7-3-6-19(11-21)20-12-22(24)15-25(14-20)13-16-8-9-17-4-1-2-5-18(17)10-16/h3,6-11,20,22H,1-2,4-5,12-15,24H2. The Morgan fingerprint density at radius 3 is 2.68 bits per heavy atom. The van der Waals surface area contributed by atoms with Crippen molar-refractivity contribution < 1.29 is 4.39 Å². The van der Waals surface area contributed by atoms with E-state index in [-0.39, 0.29) is 11.9 Å². The predicted molar refractivity (Wildman–Crippen MR) is 100 cm³/mol. The van der Waals surface area contributed by atoms with E-state index in [1.54, 1.807) is 12.1 Å². The smallest absolute Gasteiger partial charge is 0.123 e. The molecule has 0 aromatic heterocycles. The average Bonchev–Trinajstić information content (AvgIpc) is 2.61. The number of hydrogen-bond donors (Lipinski definition) is 1. The molecule has 2 unspecified atom stereocenters. The lowest BCUT2D eigenvalue weighted by atomic mass is 9.87. The number of fused-ring (bicyclic) bond motifs is 1. The Balaban J connectivity index is 1.48. The van der Waals surface area contributed by atoms with E-state index in [2.05, 4.69) is 23.1 Å². The second-order valence-corrected chi connectivity index (χ2v) is 7.75. The number of aryl methyl sites for hydroxylation is 2. The largest absolute Gasteiger partial charge is 0.327 e. The molecule has 0 radical (unpaired) electrons. The van der Waals surface area contributed by atoms with Gasteiger partial charge in [0.25, 0.3) is 0 Å². The first-order chi connectivity index (χ1) is 12.2. The van der Waals surface area contributed by atoms with Crippen LogP contribution in [0, 0.1) is 5.82 Å². The molecule has 3 heteroatoms. The van der Waals surface area contributed by atoms with Gasteiger partial charge in [-0.15, -0.1) is 0 Å². The lowest BCUT2D eigenvalue weighted by Crippen LogP contribution is -2.45. The molecule has 2 atom stereocenters. The molecule has 1 saturated heterocycles. The van der Waals surface area contributed by atoms with E-state index in [1.165, 1.54) is 48.4 Å². The van der Waals surface area contributed by atoms with Crippen LogP contribution in [0.1, 0.15) is 47.4 Å². The molecule has 2 aromatic carbocycles. The highest BCUT2D eigenvalue weighted by atomic mass is 19.1. The minimum absolute atomic E-state index is 0.152. The highest BCUT2D eigenvalue weighted by Crippen LogP contribution is 2.29. The topological polar surface area (TPSA) is 29.3 Å². The van der Waals surface area contributed by atoms with Crippen LogP contribution in [0.5, 0.6) is 0 Å². The lowest BCUT2D eigenvalue weighted by Gasteiger charge is -2.36. The van der Waals surface area contributed by atoms with Gasteiger partial charge in [-0.2, -0.15) is 0 Å².